The Kier molecular flexibility index (Phi) is 3.98. The third kappa shape index (κ3) is 2.78. The molecule has 1 heterocycles. The Morgan fingerprint density at radius 1 is 0.760 bits per heavy atom. The van der Waals surface area contributed by atoms with Crippen LogP contribution in [0.4, 0.5) is 0 Å². The largest absolute Gasteiger partial charge is 0.493 e. The van der Waals surface area contributed by atoms with Crippen molar-refractivity contribution < 1.29 is 9.47 Å². The van der Waals surface area contributed by atoms with Crippen LogP contribution in [0.5, 0.6) is 11.5 Å². The molecule has 0 aliphatic heterocycles. The van der Waals surface area contributed by atoms with Gasteiger partial charge in [-0.25, -0.2) is 0 Å². The van der Waals surface area contributed by atoms with Crippen molar-refractivity contribution in [1.29, 1.82) is 0 Å². The SMILES string of the molecule is COc1cc2ccnc(Cc3cccc4ccccc34)c2cc1OC. The topological polar surface area (TPSA) is 31.4 Å². The molecule has 4 aromatic rings. The van der Waals surface area contributed by atoms with Gasteiger partial charge in [0.05, 0.1) is 19.9 Å². The summed E-state index contributed by atoms with van der Waals surface area (Å²) in [5.74, 6) is 1.46. The molecular weight excluding hydrogens is 310 g/mol. The molecule has 0 atom stereocenters. The summed E-state index contributed by atoms with van der Waals surface area (Å²) in [5.41, 5.74) is 2.31. The molecule has 0 spiro atoms. The van der Waals surface area contributed by atoms with Crippen molar-refractivity contribution >= 4 is 21.5 Å². The number of fused-ring (bicyclic) bond motifs is 2. The van der Waals surface area contributed by atoms with E-state index < -0.39 is 0 Å². The minimum absolute atomic E-state index is 0.724. The molecule has 0 saturated heterocycles. The Morgan fingerprint density at radius 2 is 1.52 bits per heavy atom. The minimum atomic E-state index is 0.724. The van der Waals surface area contributed by atoms with Gasteiger partial charge in [0, 0.05) is 18.0 Å². The summed E-state index contributed by atoms with van der Waals surface area (Å²) in [4.78, 5) is 4.64. The predicted molar refractivity (Wildman–Crippen MR) is 102 cm³/mol. The van der Waals surface area contributed by atoms with Crippen LogP contribution in [-0.4, -0.2) is 19.2 Å². The summed E-state index contributed by atoms with van der Waals surface area (Å²) in [6.45, 7) is 0. The molecule has 0 saturated carbocycles. The Bertz CT molecular complexity index is 1050. The lowest BCUT2D eigenvalue weighted by molar-refractivity contribution is 0.356. The number of hydrogen-bond acceptors (Lipinski definition) is 3. The number of benzene rings is 3. The maximum absolute atomic E-state index is 5.47. The second-order valence-corrected chi connectivity index (χ2v) is 6.00. The Hall–Kier alpha value is -3.07. The van der Waals surface area contributed by atoms with Crippen molar-refractivity contribution in [3.63, 3.8) is 0 Å². The van der Waals surface area contributed by atoms with Crippen molar-refractivity contribution in [2.45, 2.75) is 6.42 Å². The number of aromatic nitrogens is 1. The number of pyridine rings is 1. The molecule has 0 amide bonds. The highest BCUT2D eigenvalue weighted by Crippen LogP contribution is 2.34. The van der Waals surface area contributed by atoms with E-state index in [9.17, 15) is 0 Å². The fourth-order valence-corrected chi connectivity index (χ4v) is 3.33. The van der Waals surface area contributed by atoms with Crippen LogP contribution in [0, 0.1) is 0 Å². The van der Waals surface area contributed by atoms with E-state index >= 15 is 0 Å². The van der Waals surface area contributed by atoms with E-state index in [-0.39, 0.29) is 0 Å². The number of methoxy groups -OCH3 is 2. The zero-order valence-corrected chi connectivity index (χ0v) is 14.3. The van der Waals surface area contributed by atoms with Crippen LogP contribution >= 0.6 is 0 Å². The molecule has 0 radical (unpaired) electrons. The van der Waals surface area contributed by atoms with E-state index in [0.717, 1.165) is 34.4 Å². The maximum atomic E-state index is 5.47. The number of ether oxygens (including phenoxy) is 2. The third-order valence-electron chi connectivity index (χ3n) is 4.59. The predicted octanol–water partition coefficient (Wildman–Crippen LogP) is 5.00. The summed E-state index contributed by atoms with van der Waals surface area (Å²) in [6.07, 6.45) is 2.63. The van der Waals surface area contributed by atoms with Gasteiger partial charge in [0.15, 0.2) is 11.5 Å². The molecular formula is C22H19NO2. The first kappa shape index (κ1) is 15.5. The maximum Gasteiger partial charge on any atom is 0.161 e. The molecule has 0 aliphatic rings. The highest BCUT2D eigenvalue weighted by molar-refractivity contribution is 5.90. The average Bonchev–Trinajstić information content (AvgIpc) is 2.67. The molecule has 0 bridgehead atoms. The van der Waals surface area contributed by atoms with Crippen LogP contribution in [0.15, 0.2) is 66.9 Å². The van der Waals surface area contributed by atoms with Crippen LogP contribution in [0.3, 0.4) is 0 Å². The van der Waals surface area contributed by atoms with Crippen LogP contribution in [0.1, 0.15) is 11.3 Å². The van der Waals surface area contributed by atoms with Crippen LogP contribution < -0.4 is 9.47 Å². The van der Waals surface area contributed by atoms with Gasteiger partial charge in [0.1, 0.15) is 0 Å². The highest BCUT2D eigenvalue weighted by Gasteiger charge is 2.11. The van der Waals surface area contributed by atoms with Crippen molar-refractivity contribution in [2.24, 2.45) is 0 Å². The lowest BCUT2D eigenvalue weighted by atomic mass is 9.98. The summed E-state index contributed by atoms with van der Waals surface area (Å²) >= 11 is 0. The molecule has 0 aliphatic carbocycles. The monoisotopic (exact) mass is 329 g/mol. The third-order valence-corrected chi connectivity index (χ3v) is 4.59. The zero-order valence-electron chi connectivity index (χ0n) is 14.3. The van der Waals surface area contributed by atoms with Crippen molar-refractivity contribution in [1.82, 2.24) is 4.98 Å². The van der Waals surface area contributed by atoms with E-state index in [4.69, 9.17) is 9.47 Å². The normalized spacial score (nSPS) is 11.0. The van der Waals surface area contributed by atoms with Gasteiger partial charge in [-0.1, -0.05) is 42.5 Å². The molecule has 3 heteroatoms. The molecule has 3 nitrogen and oxygen atoms in total. The molecule has 1 aromatic heterocycles. The van der Waals surface area contributed by atoms with E-state index in [1.807, 2.05) is 24.4 Å². The lowest BCUT2D eigenvalue weighted by Gasteiger charge is -2.12. The Labute approximate surface area is 146 Å². The van der Waals surface area contributed by atoms with E-state index in [1.165, 1.54) is 16.3 Å². The fraction of sp³-hybridized carbons (Fsp3) is 0.136. The van der Waals surface area contributed by atoms with Crippen LogP contribution in [-0.2, 0) is 6.42 Å². The smallest absolute Gasteiger partial charge is 0.161 e. The zero-order chi connectivity index (χ0) is 17.2. The number of hydrogen-bond donors (Lipinski definition) is 0. The molecule has 4 rings (SSSR count). The first-order valence-electron chi connectivity index (χ1n) is 8.26. The second kappa shape index (κ2) is 6.44. The first-order valence-corrected chi connectivity index (χ1v) is 8.26. The standard InChI is InChI=1S/C22H19NO2/c1-24-21-13-17-10-11-23-20(19(17)14-22(21)25-2)12-16-8-5-7-15-6-3-4-9-18(15)16/h3-11,13-14H,12H2,1-2H3. The average molecular weight is 329 g/mol. The summed E-state index contributed by atoms with van der Waals surface area (Å²) < 4.78 is 10.9. The molecule has 25 heavy (non-hydrogen) atoms. The fourth-order valence-electron chi connectivity index (χ4n) is 3.33. The van der Waals surface area contributed by atoms with E-state index in [0.29, 0.717) is 0 Å². The lowest BCUT2D eigenvalue weighted by Crippen LogP contribution is -1.97. The van der Waals surface area contributed by atoms with Crippen LogP contribution in [0.2, 0.25) is 0 Å². The molecule has 124 valence electrons. The van der Waals surface area contributed by atoms with E-state index in [2.05, 4.69) is 47.4 Å². The minimum Gasteiger partial charge on any atom is -0.493 e. The molecule has 3 aromatic carbocycles. The van der Waals surface area contributed by atoms with Gasteiger partial charge in [0.2, 0.25) is 0 Å². The van der Waals surface area contributed by atoms with Gasteiger partial charge in [-0.05, 0) is 39.9 Å². The van der Waals surface area contributed by atoms with Gasteiger partial charge in [-0.2, -0.15) is 0 Å². The van der Waals surface area contributed by atoms with Crippen molar-refractivity contribution in [2.75, 3.05) is 14.2 Å². The van der Waals surface area contributed by atoms with Gasteiger partial charge in [0.25, 0.3) is 0 Å². The number of nitrogens with zero attached hydrogens (tertiary/aromatic N) is 1. The quantitative estimate of drug-likeness (QED) is 0.528. The van der Waals surface area contributed by atoms with Gasteiger partial charge in [-0.3, -0.25) is 4.98 Å². The first-order chi connectivity index (χ1) is 12.3. The summed E-state index contributed by atoms with van der Waals surface area (Å²) in [6, 6.07) is 20.9. The van der Waals surface area contributed by atoms with Gasteiger partial charge in [-0.15, -0.1) is 0 Å². The molecule has 0 fully saturated rings. The Balaban J connectivity index is 1.86. The van der Waals surface area contributed by atoms with Gasteiger partial charge >= 0.3 is 0 Å². The van der Waals surface area contributed by atoms with Crippen molar-refractivity contribution in [3.8, 4) is 11.5 Å². The summed E-state index contributed by atoms with van der Waals surface area (Å²) in [7, 11) is 3.31. The van der Waals surface area contributed by atoms with Crippen molar-refractivity contribution in [3.05, 3.63) is 78.1 Å². The van der Waals surface area contributed by atoms with Gasteiger partial charge < -0.3 is 9.47 Å². The molecule has 0 N–H and O–H groups in total. The second-order valence-electron chi connectivity index (χ2n) is 6.00. The van der Waals surface area contributed by atoms with Crippen LogP contribution in [0.25, 0.3) is 21.5 Å². The highest BCUT2D eigenvalue weighted by atomic mass is 16.5. The summed E-state index contributed by atoms with van der Waals surface area (Å²) in [5, 5.41) is 4.71. The number of rotatable bonds is 4. The Morgan fingerprint density at radius 3 is 2.36 bits per heavy atom. The van der Waals surface area contributed by atoms with E-state index in [1.54, 1.807) is 14.2 Å². The molecule has 0 unspecified atom stereocenters.